The molecule has 116 valence electrons. The molecule has 1 N–H and O–H groups in total. The highest BCUT2D eigenvalue weighted by Gasteiger charge is 2.38. The van der Waals surface area contributed by atoms with Crippen molar-refractivity contribution in [2.75, 3.05) is 26.9 Å². The summed E-state index contributed by atoms with van der Waals surface area (Å²) in [5, 5.41) is 2.57. The first-order valence-corrected chi connectivity index (χ1v) is 7.15. The van der Waals surface area contributed by atoms with E-state index >= 15 is 0 Å². The topological polar surface area (TPSA) is 73.9 Å². The second-order valence-corrected chi connectivity index (χ2v) is 5.28. The molecule has 20 heavy (non-hydrogen) atoms. The normalized spacial score (nSPS) is 17.8. The average molecular weight is 287 g/mol. The quantitative estimate of drug-likeness (QED) is 0.690. The third kappa shape index (κ3) is 4.67. The molecule has 0 radical (unpaired) electrons. The molecule has 0 bridgehead atoms. The van der Waals surface area contributed by atoms with Crippen LogP contribution in [0.4, 0.5) is 4.79 Å². The van der Waals surface area contributed by atoms with Crippen LogP contribution in [0.2, 0.25) is 0 Å². The van der Waals surface area contributed by atoms with Crippen molar-refractivity contribution in [3.05, 3.63) is 0 Å². The molecule has 0 saturated carbocycles. The molecule has 1 amide bonds. The van der Waals surface area contributed by atoms with Crippen molar-refractivity contribution in [2.24, 2.45) is 5.41 Å². The van der Waals surface area contributed by atoms with E-state index in [1.807, 2.05) is 13.8 Å². The van der Waals surface area contributed by atoms with Gasteiger partial charge in [0, 0.05) is 0 Å². The second kappa shape index (κ2) is 8.09. The first-order valence-electron chi connectivity index (χ1n) is 7.15. The molecule has 0 aliphatic carbocycles. The molecule has 6 heteroatoms. The Morgan fingerprint density at radius 1 is 1.35 bits per heavy atom. The van der Waals surface area contributed by atoms with Crippen LogP contribution >= 0.6 is 0 Å². The van der Waals surface area contributed by atoms with Gasteiger partial charge in [-0.15, -0.1) is 0 Å². The van der Waals surface area contributed by atoms with E-state index in [4.69, 9.17) is 9.47 Å². The minimum absolute atomic E-state index is 0.0540. The van der Waals surface area contributed by atoms with Gasteiger partial charge in [0.2, 0.25) is 0 Å². The molecule has 1 rings (SSSR count). The van der Waals surface area contributed by atoms with Crippen LogP contribution in [0.1, 0.15) is 39.5 Å². The number of nitrogens with one attached hydrogen (secondary N) is 1. The molecule has 1 atom stereocenters. The van der Waals surface area contributed by atoms with Gasteiger partial charge in [-0.05, 0) is 12.8 Å². The van der Waals surface area contributed by atoms with Gasteiger partial charge in [0.15, 0.2) is 0 Å². The van der Waals surface area contributed by atoms with Crippen LogP contribution < -0.4 is 5.32 Å². The molecule has 0 aromatic carbocycles. The van der Waals surface area contributed by atoms with E-state index in [0.717, 1.165) is 19.3 Å². The summed E-state index contributed by atoms with van der Waals surface area (Å²) in [5.74, 6) is -0.437. The Kier molecular flexibility index (Phi) is 6.78. The SMILES string of the molecule is CCCC[C@H](NC(=O)OCC1(CC)COC1)C(=O)OC. The fourth-order valence-electron chi connectivity index (χ4n) is 1.98. The molecule has 1 aliphatic heterocycles. The maximum absolute atomic E-state index is 11.8. The highest BCUT2D eigenvalue weighted by Crippen LogP contribution is 2.31. The van der Waals surface area contributed by atoms with E-state index in [2.05, 4.69) is 10.1 Å². The fraction of sp³-hybridized carbons (Fsp3) is 0.857. The van der Waals surface area contributed by atoms with Crippen LogP contribution in [0.15, 0.2) is 0 Å². The fourth-order valence-corrected chi connectivity index (χ4v) is 1.98. The number of methoxy groups -OCH3 is 1. The minimum atomic E-state index is -0.636. The molecule has 0 unspecified atom stereocenters. The predicted octanol–water partition coefficient (Wildman–Crippen LogP) is 1.87. The Morgan fingerprint density at radius 3 is 2.50 bits per heavy atom. The lowest BCUT2D eigenvalue weighted by molar-refractivity contribution is -0.144. The first kappa shape index (κ1) is 16.8. The zero-order valence-electron chi connectivity index (χ0n) is 12.6. The highest BCUT2D eigenvalue weighted by atomic mass is 16.6. The second-order valence-electron chi connectivity index (χ2n) is 5.28. The summed E-state index contributed by atoms with van der Waals surface area (Å²) in [6.07, 6.45) is 2.67. The molecule has 0 spiro atoms. The lowest BCUT2D eigenvalue weighted by atomic mass is 9.84. The zero-order valence-corrected chi connectivity index (χ0v) is 12.6. The van der Waals surface area contributed by atoms with Crippen molar-refractivity contribution in [1.29, 1.82) is 0 Å². The largest absolute Gasteiger partial charge is 0.467 e. The summed E-state index contributed by atoms with van der Waals surface area (Å²) >= 11 is 0. The monoisotopic (exact) mass is 287 g/mol. The number of esters is 1. The molecular weight excluding hydrogens is 262 g/mol. The summed E-state index contributed by atoms with van der Waals surface area (Å²) < 4.78 is 15.1. The third-order valence-corrected chi connectivity index (χ3v) is 3.70. The third-order valence-electron chi connectivity index (χ3n) is 3.70. The number of hydrogen-bond acceptors (Lipinski definition) is 5. The van der Waals surface area contributed by atoms with Gasteiger partial charge in [-0.2, -0.15) is 0 Å². The average Bonchev–Trinajstić information content (AvgIpc) is 2.41. The standard InChI is InChI=1S/C14H25NO5/c1-4-6-7-11(12(16)18-3)15-13(17)20-10-14(5-2)8-19-9-14/h11H,4-10H2,1-3H3,(H,15,17)/t11-/m0/s1. The Hall–Kier alpha value is -1.30. The van der Waals surface area contributed by atoms with Gasteiger partial charge in [0.25, 0.3) is 0 Å². The van der Waals surface area contributed by atoms with Crippen molar-refractivity contribution >= 4 is 12.1 Å². The molecule has 1 aliphatic rings. The number of alkyl carbamates (subject to hydrolysis) is 1. The summed E-state index contributed by atoms with van der Waals surface area (Å²) in [6.45, 7) is 5.62. The Bertz CT molecular complexity index is 322. The van der Waals surface area contributed by atoms with Gasteiger partial charge in [0.1, 0.15) is 12.6 Å². The van der Waals surface area contributed by atoms with Crippen molar-refractivity contribution in [2.45, 2.75) is 45.6 Å². The van der Waals surface area contributed by atoms with Gasteiger partial charge in [-0.3, -0.25) is 0 Å². The zero-order chi connectivity index (χ0) is 15.0. The van der Waals surface area contributed by atoms with Gasteiger partial charge in [-0.1, -0.05) is 26.7 Å². The Labute approximate surface area is 120 Å². The number of ether oxygens (including phenoxy) is 3. The molecule has 0 aromatic heterocycles. The maximum Gasteiger partial charge on any atom is 0.407 e. The van der Waals surface area contributed by atoms with Crippen LogP contribution in [0.3, 0.4) is 0 Å². The first-order chi connectivity index (χ1) is 9.56. The molecule has 0 aromatic rings. The lowest BCUT2D eigenvalue weighted by Crippen LogP contribution is -2.48. The van der Waals surface area contributed by atoms with Crippen molar-refractivity contribution in [3.63, 3.8) is 0 Å². The van der Waals surface area contributed by atoms with Crippen LogP contribution in [0, 0.1) is 5.41 Å². The number of rotatable bonds is 8. The lowest BCUT2D eigenvalue weighted by Gasteiger charge is -2.39. The minimum Gasteiger partial charge on any atom is -0.467 e. The van der Waals surface area contributed by atoms with Crippen molar-refractivity contribution < 1.29 is 23.8 Å². The van der Waals surface area contributed by atoms with Crippen LogP contribution in [-0.4, -0.2) is 45.0 Å². The van der Waals surface area contributed by atoms with Crippen LogP contribution in [0.5, 0.6) is 0 Å². The smallest absolute Gasteiger partial charge is 0.407 e. The van der Waals surface area contributed by atoms with Crippen molar-refractivity contribution in [3.8, 4) is 0 Å². The van der Waals surface area contributed by atoms with E-state index in [1.54, 1.807) is 0 Å². The van der Waals surface area contributed by atoms with E-state index in [0.29, 0.717) is 26.2 Å². The number of amides is 1. The maximum atomic E-state index is 11.8. The van der Waals surface area contributed by atoms with Crippen molar-refractivity contribution in [1.82, 2.24) is 5.32 Å². The van der Waals surface area contributed by atoms with Gasteiger partial charge >= 0.3 is 12.1 Å². The summed E-state index contributed by atoms with van der Waals surface area (Å²) in [4.78, 5) is 23.3. The van der Waals surface area contributed by atoms with Crippen LogP contribution in [-0.2, 0) is 19.0 Å². The predicted molar refractivity (Wildman–Crippen MR) is 73.4 cm³/mol. The van der Waals surface area contributed by atoms with E-state index in [9.17, 15) is 9.59 Å². The van der Waals surface area contributed by atoms with Crippen LogP contribution in [0.25, 0.3) is 0 Å². The molecule has 1 heterocycles. The molecule has 6 nitrogen and oxygen atoms in total. The van der Waals surface area contributed by atoms with Gasteiger partial charge < -0.3 is 19.5 Å². The van der Waals surface area contributed by atoms with E-state index in [1.165, 1.54) is 7.11 Å². The highest BCUT2D eigenvalue weighted by molar-refractivity contribution is 5.81. The summed E-state index contributed by atoms with van der Waals surface area (Å²) in [6, 6.07) is -0.636. The molecular formula is C14H25NO5. The number of unbranched alkanes of at least 4 members (excludes halogenated alkanes) is 1. The number of carbonyl (C=O) groups is 2. The van der Waals surface area contributed by atoms with Gasteiger partial charge in [-0.25, -0.2) is 9.59 Å². The van der Waals surface area contributed by atoms with E-state index in [-0.39, 0.29) is 5.41 Å². The molecule has 1 saturated heterocycles. The van der Waals surface area contributed by atoms with Gasteiger partial charge in [0.05, 0.1) is 25.7 Å². The van der Waals surface area contributed by atoms with E-state index < -0.39 is 18.1 Å². The molecule has 1 fully saturated rings. The number of carbonyl (C=O) groups excluding carboxylic acids is 2. The summed E-state index contributed by atoms with van der Waals surface area (Å²) in [7, 11) is 1.31. The number of hydrogen-bond donors (Lipinski definition) is 1. The summed E-state index contributed by atoms with van der Waals surface area (Å²) in [5.41, 5.74) is -0.0540. The Morgan fingerprint density at radius 2 is 2.05 bits per heavy atom. The Balaban J connectivity index is 2.38.